The second-order valence-corrected chi connectivity index (χ2v) is 4.94. The van der Waals surface area contributed by atoms with Crippen molar-refractivity contribution in [1.82, 2.24) is 9.97 Å². The van der Waals surface area contributed by atoms with Crippen LogP contribution in [0, 0.1) is 0 Å². The van der Waals surface area contributed by atoms with E-state index in [4.69, 9.17) is 16.3 Å². The van der Waals surface area contributed by atoms with E-state index in [1.807, 2.05) is 37.3 Å². The summed E-state index contributed by atoms with van der Waals surface area (Å²) in [6, 6.07) is 9.53. The number of nitrogens with zero attached hydrogens (tertiary/aromatic N) is 2. The van der Waals surface area contributed by atoms with Crippen molar-refractivity contribution in [2.45, 2.75) is 26.7 Å². The lowest BCUT2D eigenvalue weighted by Crippen LogP contribution is -1.98. The summed E-state index contributed by atoms with van der Waals surface area (Å²) in [6.07, 6.45) is 0. The molecule has 0 atom stereocenters. The maximum Gasteiger partial charge on any atom is 0.161 e. The fourth-order valence-electron chi connectivity index (χ4n) is 1.73. The maximum atomic E-state index is 6.05. The van der Waals surface area contributed by atoms with Gasteiger partial charge in [0.1, 0.15) is 10.9 Å². The standard InChI is InChI=1S/C15H17ClN2O/c1-4-19-12-7-5-11(6-8-12)15-17-13(10(2)3)9-14(16)18-15/h5-10H,4H2,1-3H3. The van der Waals surface area contributed by atoms with Gasteiger partial charge in [0.15, 0.2) is 5.82 Å². The molecule has 100 valence electrons. The van der Waals surface area contributed by atoms with Gasteiger partial charge in [0.25, 0.3) is 0 Å². The van der Waals surface area contributed by atoms with Gasteiger partial charge in [0.2, 0.25) is 0 Å². The topological polar surface area (TPSA) is 35.0 Å². The Balaban J connectivity index is 2.35. The quantitative estimate of drug-likeness (QED) is 0.780. The molecule has 0 aliphatic heterocycles. The summed E-state index contributed by atoms with van der Waals surface area (Å²) in [5, 5.41) is 0.475. The molecule has 0 amide bonds. The summed E-state index contributed by atoms with van der Waals surface area (Å²) < 4.78 is 5.42. The van der Waals surface area contributed by atoms with Gasteiger partial charge in [-0.1, -0.05) is 25.4 Å². The highest BCUT2D eigenvalue weighted by Crippen LogP contribution is 2.23. The van der Waals surface area contributed by atoms with Gasteiger partial charge in [-0.25, -0.2) is 9.97 Å². The van der Waals surface area contributed by atoms with Crippen molar-refractivity contribution in [1.29, 1.82) is 0 Å². The Bertz CT molecular complexity index is 553. The van der Waals surface area contributed by atoms with Crippen LogP contribution in [0.25, 0.3) is 11.4 Å². The van der Waals surface area contributed by atoms with E-state index in [2.05, 4.69) is 23.8 Å². The molecule has 0 aliphatic rings. The largest absolute Gasteiger partial charge is 0.494 e. The Kier molecular flexibility index (Phi) is 4.38. The molecule has 0 bridgehead atoms. The van der Waals surface area contributed by atoms with Crippen LogP contribution < -0.4 is 4.74 Å². The van der Waals surface area contributed by atoms with E-state index < -0.39 is 0 Å². The van der Waals surface area contributed by atoms with Crippen LogP contribution >= 0.6 is 11.6 Å². The Morgan fingerprint density at radius 2 is 1.84 bits per heavy atom. The Hall–Kier alpha value is -1.61. The summed E-state index contributed by atoms with van der Waals surface area (Å²) in [6.45, 7) is 6.79. The van der Waals surface area contributed by atoms with E-state index in [0.29, 0.717) is 23.5 Å². The number of halogens is 1. The summed E-state index contributed by atoms with van der Waals surface area (Å²) in [5.74, 6) is 1.82. The summed E-state index contributed by atoms with van der Waals surface area (Å²) >= 11 is 6.05. The molecule has 1 aromatic carbocycles. The molecular formula is C15H17ClN2O. The maximum absolute atomic E-state index is 6.05. The summed E-state index contributed by atoms with van der Waals surface area (Å²) in [4.78, 5) is 8.82. The zero-order valence-corrected chi connectivity index (χ0v) is 12.1. The predicted molar refractivity (Wildman–Crippen MR) is 77.7 cm³/mol. The fraction of sp³-hybridized carbons (Fsp3) is 0.333. The first kappa shape index (κ1) is 13.8. The second kappa shape index (κ2) is 6.02. The van der Waals surface area contributed by atoms with Crippen LogP contribution in [0.5, 0.6) is 5.75 Å². The zero-order valence-electron chi connectivity index (χ0n) is 11.4. The van der Waals surface area contributed by atoms with Crippen molar-refractivity contribution in [2.24, 2.45) is 0 Å². The van der Waals surface area contributed by atoms with E-state index in [-0.39, 0.29) is 0 Å². The third-order valence-corrected chi connectivity index (χ3v) is 2.92. The lowest BCUT2D eigenvalue weighted by molar-refractivity contribution is 0.340. The number of hydrogen-bond donors (Lipinski definition) is 0. The first-order chi connectivity index (χ1) is 9.10. The van der Waals surface area contributed by atoms with Crippen LogP contribution in [0.2, 0.25) is 5.15 Å². The normalized spacial score (nSPS) is 10.8. The minimum atomic E-state index is 0.321. The smallest absolute Gasteiger partial charge is 0.161 e. The minimum absolute atomic E-state index is 0.321. The average Bonchev–Trinajstić information content (AvgIpc) is 2.39. The third-order valence-electron chi connectivity index (χ3n) is 2.73. The second-order valence-electron chi connectivity index (χ2n) is 4.55. The van der Waals surface area contributed by atoms with Gasteiger partial charge in [-0.05, 0) is 43.2 Å². The van der Waals surface area contributed by atoms with Crippen molar-refractivity contribution < 1.29 is 4.74 Å². The first-order valence-electron chi connectivity index (χ1n) is 6.38. The molecule has 2 aromatic rings. The number of ether oxygens (including phenoxy) is 1. The Morgan fingerprint density at radius 3 is 2.42 bits per heavy atom. The monoisotopic (exact) mass is 276 g/mol. The Labute approximate surface area is 118 Å². The third kappa shape index (κ3) is 3.44. The van der Waals surface area contributed by atoms with Gasteiger partial charge in [-0.3, -0.25) is 0 Å². The molecule has 0 saturated carbocycles. The summed E-state index contributed by atoms with van der Waals surface area (Å²) in [5.41, 5.74) is 1.89. The molecule has 0 N–H and O–H groups in total. The predicted octanol–water partition coefficient (Wildman–Crippen LogP) is 4.32. The van der Waals surface area contributed by atoms with Crippen LogP contribution in [-0.4, -0.2) is 16.6 Å². The van der Waals surface area contributed by atoms with Crippen molar-refractivity contribution in [3.8, 4) is 17.1 Å². The minimum Gasteiger partial charge on any atom is -0.494 e. The van der Waals surface area contributed by atoms with Gasteiger partial charge >= 0.3 is 0 Å². The van der Waals surface area contributed by atoms with Crippen molar-refractivity contribution >= 4 is 11.6 Å². The highest BCUT2D eigenvalue weighted by atomic mass is 35.5. The van der Waals surface area contributed by atoms with Crippen LogP contribution in [-0.2, 0) is 0 Å². The lowest BCUT2D eigenvalue weighted by Gasteiger charge is -2.08. The average molecular weight is 277 g/mol. The van der Waals surface area contributed by atoms with E-state index in [0.717, 1.165) is 17.0 Å². The number of hydrogen-bond acceptors (Lipinski definition) is 3. The van der Waals surface area contributed by atoms with Crippen molar-refractivity contribution in [3.63, 3.8) is 0 Å². The molecule has 0 spiro atoms. The van der Waals surface area contributed by atoms with Crippen LogP contribution in [0.4, 0.5) is 0 Å². The molecule has 0 saturated heterocycles. The van der Waals surface area contributed by atoms with Crippen LogP contribution in [0.1, 0.15) is 32.4 Å². The van der Waals surface area contributed by atoms with E-state index in [1.165, 1.54) is 0 Å². The molecule has 0 aliphatic carbocycles. The van der Waals surface area contributed by atoms with Gasteiger partial charge in [-0.2, -0.15) is 0 Å². The zero-order chi connectivity index (χ0) is 13.8. The molecule has 4 heteroatoms. The highest BCUT2D eigenvalue weighted by molar-refractivity contribution is 6.29. The van der Waals surface area contributed by atoms with Gasteiger partial charge < -0.3 is 4.74 Å². The molecule has 3 nitrogen and oxygen atoms in total. The van der Waals surface area contributed by atoms with Crippen molar-refractivity contribution in [2.75, 3.05) is 6.61 Å². The van der Waals surface area contributed by atoms with Crippen LogP contribution in [0.3, 0.4) is 0 Å². The Morgan fingerprint density at radius 1 is 1.16 bits per heavy atom. The first-order valence-corrected chi connectivity index (χ1v) is 6.75. The molecule has 0 unspecified atom stereocenters. The van der Waals surface area contributed by atoms with E-state index in [9.17, 15) is 0 Å². The lowest BCUT2D eigenvalue weighted by atomic mass is 10.1. The highest BCUT2D eigenvalue weighted by Gasteiger charge is 2.08. The molecule has 0 fully saturated rings. The molecule has 19 heavy (non-hydrogen) atoms. The van der Waals surface area contributed by atoms with Crippen molar-refractivity contribution in [3.05, 3.63) is 41.2 Å². The molecule has 2 rings (SSSR count). The number of rotatable bonds is 4. The molecule has 0 radical (unpaired) electrons. The number of aromatic nitrogens is 2. The van der Waals surface area contributed by atoms with Gasteiger partial charge in [0.05, 0.1) is 6.61 Å². The molecular weight excluding hydrogens is 260 g/mol. The van der Waals surface area contributed by atoms with Gasteiger partial charge in [-0.15, -0.1) is 0 Å². The SMILES string of the molecule is CCOc1ccc(-c2nc(Cl)cc(C(C)C)n2)cc1. The molecule has 1 aromatic heterocycles. The van der Waals surface area contributed by atoms with Crippen LogP contribution in [0.15, 0.2) is 30.3 Å². The van der Waals surface area contributed by atoms with E-state index in [1.54, 1.807) is 0 Å². The van der Waals surface area contributed by atoms with Gasteiger partial charge in [0, 0.05) is 11.3 Å². The number of benzene rings is 1. The molecule has 1 heterocycles. The van der Waals surface area contributed by atoms with E-state index >= 15 is 0 Å². The fourth-order valence-corrected chi connectivity index (χ4v) is 1.92. The summed E-state index contributed by atoms with van der Waals surface area (Å²) in [7, 11) is 0.